The minimum absolute atomic E-state index is 0.00943. The highest BCUT2D eigenvalue weighted by Crippen LogP contribution is 2.62. The normalized spacial score (nSPS) is 28.0. The van der Waals surface area contributed by atoms with Gasteiger partial charge in [-0.1, -0.05) is 30.1 Å². The Bertz CT molecular complexity index is 1360. The van der Waals surface area contributed by atoms with Gasteiger partial charge in [-0.15, -0.1) is 6.58 Å². The first-order valence-corrected chi connectivity index (χ1v) is 17.8. The van der Waals surface area contributed by atoms with Crippen molar-refractivity contribution in [1.82, 2.24) is 10.2 Å². The van der Waals surface area contributed by atoms with Crippen LogP contribution in [0.4, 0.5) is 4.79 Å². The third-order valence-electron chi connectivity index (χ3n) is 10.2. The van der Waals surface area contributed by atoms with E-state index in [0.29, 0.717) is 43.9 Å². The highest BCUT2D eigenvalue weighted by molar-refractivity contribution is 6.03. The minimum Gasteiger partial charge on any atom is -0.459 e. The van der Waals surface area contributed by atoms with Crippen LogP contribution in [-0.2, 0) is 14.4 Å². The van der Waals surface area contributed by atoms with Crippen molar-refractivity contribution in [1.29, 1.82) is 0 Å². The Morgan fingerprint density at radius 3 is 2.56 bits per heavy atom. The zero-order valence-electron chi connectivity index (χ0n) is 28.7. The standard InChI is InChI=1S/C37H53N3O8/c1-5-20-45-37-32(40(4)35(43)24-14-15-24)23-30(39-46-7-3)28-21-25(12-8-10-18-41)27(13-9-11-19-42)33(34(28)37)29-22-26(16-17-31(29)48-37)47-36(44)38-6-2/h5,16-17,21-22,24-25,27,32-34,41-42H,1,6-15,18-20,23H2,2-4H3,(H,38,44). The van der Waals surface area contributed by atoms with E-state index in [1.165, 1.54) is 0 Å². The summed E-state index contributed by atoms with van der Waals surface area (Å²) in [7, 11) is 1.84. The summed E-state index contributed by atoms with van der Waals surface area (Å²) in [6.07, 6.45) is 10.3. The molecule has 6 atom stereocenters. The number of likely N-dealkylation sites (N-methyl/N-ethyl adjacent to an activating group) is 1. The number of benzene rings is 1. The van der Waals surface area contributed by atoms with Crippen LogP contribution in [0.1, 0.15) is 83.1 Å². The predicted octanol–water partition coefficient (Wildman–Crippen LogP) is 5.32. The topological polar surface area (TPSA) is 139 Å². The number of aliphatic hydroxyl groups excluding tert-OH is 2. The summed E-state index contributed by atoms with van der Waals surface area (Å²) in [5.74, 6) is -0.529. The average molecular weight is 668 g/mol. The number of unbranched alkanes of at least 4 members (excludes halogenated alkanes) is 2. The molecule has 11 nitrogen and oxygen atoms in total. The van der Waals surface area contributed by atoms with Crippen molar-refractivity contribution in [2.75, 3.05) is 40.0 Å². The average Bonchev–Trinajstić information content (AvgIpc) is 3.93. The van der Waals surface area contributed by atoms with Gasteiger partial charge in [-0.3, -0.25) is 4.79 Å². The first-order chi connectivity index (χ1) is 23.3. The number of amides is 2. The smallest absolute Gasteiger partial charge is 0.412 e. The molecule has 3 N–H and O–H groups in total. The first kappa shape index (κ1) is 35.9. The molecule has 4 aliphatic rings. The third kappa shape index (κ3) is 7.43. The molecule has 2 fully saturated rings. The summed E-state index contributed by atoms with van der Waals surface area (Å²) in [5.41, 5.74) is 2.65. The number of carbonyl (C=O) groups is 2. The SMILES string of the molecule is C=CCOC12Oc3ccc(OC(=O)NCC)cc3C3C(CCCCO)C(CCCCO)C=C(C(=NOCC)CC1N(C)C(=O)C1CC1)C32. The number of carbonyl (C=O) groups excluding carboxylic acids is 2. The molecule has 0 aromatic heterocycles. The van der Waals surface area contributed by atoms with E-state index in [-0.39, 0.29) is 55.3 Å². The number of hydrogen-bond donors (Lipinski definition) is 3. The summed E-state index contributed by atoms with van der Waals surface area (Å²) in [6, 6.07) is 4.96. The Morgan fingerprint density at radius 1 is 1.15 bits per heavy atom. The zero-order chi connectivity index (χ0) is 34.3. The van der Waals surface area contributed by atoms with Crippen LogP contribution in [0, 0.1) is 23.7 Å². The molecule has 3 aliphatic carbocycles. The van der Waals surface area contributed by atoms with Crippen LogP contribution in [0.5, 0.6) is 11.5 Å². The largest absolute Gasteiger partial charge is 0.459 e. The van der Waals surface area contributed by atoms with Gasteiger partial charge in [0, 0.05) is 50.6 Å². The fraction of sp³-hybridized carbons (Fsp3) is 0.649. The fourth-order valence-electron chi connectivity index (χ4n) is 7.99. The van der Waals surface area contributed by atoms with Crippen LogP contribution in [0.25, 0.3) is 0 Å². The molecular weight excluding hydrogens is 614 g/mol. The number of hydrogen-bond acceptors (Lipinski definition) is 9. The molecule has 264 valence electrons. The van der Waals surface area contributed by atoms with Gasteiger partial charge < -0.3 is 39.5 Å². The summed E-state index contributed by atoms with van der Waals surface area (Å²) >= 11 is 0. The van der Waals surface area contributed by atoms with Gasteiger partial charge >= 0.3 is 6.09 Å². The molecule has 0 spiro atoms. The van der Waals surface area contributed by atoms with Gasteiger partial charge in [-0.2, -0.15) is 0 Å². The molecule has 1 heterocycles. The van der Waals surface area contributed by atoms with E-state index in [0.717, 1.165) is 55.4 Å². The lowest BCUT2D eigenvalue weighted by molar-refractivity contribution is -0.255. The minimum atomic E-state index is -1.27. The monoisotopic (exact) mass is 667 g/mol. The molecule has 2 amide bonds. The summed E-state index contributed by atoms with van der Waals surface area (Å²) < 4.78 is 19.6. The second-order valence-corrected chi connectivity index (χ2v) is 13.3. The molecule has 1 aromatic carbocycles. The van der Waals surface area contributed by atoms with Crippen LogP contribution >= 0.6 is 0 Å². The van der Waals surface area contributed by atoms with Crippen LogP contribution in [-0.4, -0.2) is 84.7 Å². The van der Waals surface area contributed by atoms with Crippen molar-refractivity contribution >= 4 is 17.7 Å². The van der Waals surface area contributed by atoms with Crippen molar-refractivity contribution in [2.45, 2.75) is 89.4 Å². The van der Waals surface area contributed by atoms with E-state index in [4.69, 9.17) is 19.0 Å². The van der Waals surface area contributed by atoms with Gasteiger partial charge in [0.25, 0.3) is 0 Å². The Kier molecular flexibility index (Phi) is 12.2. The van der Waals surface area contributed by atoms with E-state index < -0.39 is 17.9 Å². The molecule has 0 bridgehead atoms. The number of allylic oxidation sites excluding steroid dienone is 1. The van der Waals surface area contributed by atoms with Crippen molar-refractivity contribution in [3.8, 4) is 11.5 Å². The van der Waals surface area contributed by atoms with Gasteiger partial charge in [-0.25, -0.2) is 4.79 Å². The van der Waals surface area contributed by atoms with Crippen molar-refractivity contribution in [2.24, 2.45) is 28.8 Å². The van der Waals surface area contributed by atoms with Crippen LogP contribution < -0.4 is 14.8 Å². The number of nitrogens with one attached hydrogen (secondary N) is 1. The van der Waals surface area contributed by atoms with Crippen LogP contribution in [0.15, 0.2) is 47.7 Å². The van der Waals surface area contributed by atoms with Crippen molar-refractivity contribution in [3.63, 3.8) is 0 Å². The maximum atomic E-state index is 13.8. The molecule has 2 saturated carbocycles. The Labute approximate surface area is 284 Å². The first-order valence-electron chi connectivity index (χ1n) is 17.8. The lowest BCUT2D eigenvalue weighted by Gasteiger charge is -2.59. The molecule has 11 heteroatoms. The van der Waals surface area contributed by atoms with E-state index in [1.54, 1.807) is 12.1 Å². The highest BCUT2D eigenvalue weighted by atomic mass is 16.7. The summed E-state index contributed by atoms with van der Waals surface area (Å²) in [5, 5.41) is 26.8. The van der Waals surface area contributed by atoms with Gasteiger partial charge in [0.05, 0.1) is 18.2 Å². The van der Waals surface area contributed by atoms with Gasteiger partial charge in [0.1, 0.15) is 24.1 Å². The van der Waals surface area contributed by atoms with Crippen molar-refractivity contribution in [3.05, 3.63) is 48.1 Å². The lowest BCUT2D eigenvalue weighted by Crippen LogP contribution is -2.69. The number of rotatable bonds is 17. The highest BCUT2D eigenvalue weighted by Gasteiger charge is 2.65. The summed E-state index contributed by atoms with van der Waals surface area (Å²) in [6.45, 7) is 8.95. The molecule has 1 aliphatic heterocycles. The van der Waals surface area contributed by atoms with Gasteiger partial charge in [0.2, 0.25) is 11.7 Å². The maximum absolute atomic E-state index is 13.8. The molecule has 0 radical (unpaired) electrons. The quantitative estimate of drug-likeness (QED) is 0.115. The number of nitrogens with zero attached hydrogens (tertiary/aromatic N) is 2. The number of fused-ring (bicyclic) bond motifs is 2. The Morgan fingerprint density at radius 2 is 1.90 bits per heavy atom. The molecule has 0 saturated heterocycles. The zero-order valence-corrected chi connectivity index (χ0v) is 28.7. The fourth-order valence-corrected chi connectivity index (χ4v) is 7.99. The van der Waals surface area contributed by atoms with Crippen molar-refractivity contribution < 1.29 is 38.9 Å². The Hall–Kier alpha value is -3.41. The van der Waals surface area contributed by atoms with E-state index >= 15 is 0 Å². The van der Waals surface area contributed by atoms with E-state index in [1.807, 2.05) is 37.9 Å². The maximum Gasteiger partial charge on any atom is 0.412 e. The number of oxime groups is 1. The second kappa shape index (κ2) is 16.3. The molecule has 1 aromatic rings. The second-order valence-electron chi connectivity index (χ2n) is 13.3. The van der Waals surface area contributed by atoms with E-state index in [2.05, 4.69) is 23.1 Å². The molecular formula is C37H53N3O8. The molecule has 6 unspecified atom stereocenters. The van der Waals surface area contributed by atoms with E-state index in [9.17, 15) is 19.8 Å². The van der Waals surface area contributed by atoms with Gasteiger partial charge in [0.15, 0.2) is 0 Å². The van der Waals surface area contributed by atoms with Gasteiger partial charge in [-0.05, 0) is 88.0 Å². The van der Waals surface area contributed by atoms with Crippen LogP contribution in [0.2, 0.25) is 0 Å². The number of aliphatic hydroxyl groups is 2. The summed E-state index contributed by atoms with van der Waals surface area (Å²) in [4.78, 5) is 33.8. The molecule has 48 heavy (non-hydrogen) atoms. The lowest BCUT2D eigenvalue weighted by atomic mass is 9.55. The molecule has 5 rings (SSSR count). The number of ether oxygens (including phenoxy) is 3. The predicted molar refractivity (Wildman–Crippen MR) is 182 cm³/mol. The Balaban J connectivity index is 1.73. The van der Waals surface area contributed by atoms with Crippen LogP contribution in [0.3, 0.4) is 0 Å². The third-order valence-corrected chi connectivity index (χ3v) is 10.2.